The van der Waals surface area contributed by atoms with E-state index in [1.54, 1.807) is 0 Å². The van der Waals surface area contributed by atoms with Gasteiger partial charge in [0.1, 0.15) is 0 Å². The van der Waals surface area contributed by atoms with E-state index in [1.807, 2.05) is 6.08 Å². The molecule has 2 unspecified atom stereocenters. The van der Waals surface area contributed by atoms with Gasteiger partial charge in [0.15, 0.2) is 0 Å². The van der Waals surface area contributed by atoms with Crippen LogP contribution in [0.3, 0.4) is 0 Å². The molecule has 0 aromatic heterocycles. The smallest absolute Gasteiger partial charge is 0.00671 e. The van der Waals surface area contributed by atoms with Gasteiger partial charge in [-0.25, -0.2) is 0 Å². The maximum absolute atomic E-state index is 6.15. The van der Waals surface area contributed by atoms with Gasteiger partial charge in [-0.1, -0.05) is 25.8 Å². The van der Waals surface area contributed by atoms with Crippen molar-refractivity contribution in [3.63, 3.8) is 0 Å². The largest absolute Gasteiger partial charge is 0.327 e. The highest BCUT2D eigenvalue weighted by molar-refractivity contribution is 4.84. The maximum Gasteiger partial charge on any atom is 0.00671 e. The Hall–Kier alpha value is -0.300. The molecule has 2 atom stereocenters. The summed E-state index contributed by atoms with van der Waals surface area (Å²) in [4.78, 5) is 0. The van der Waals surface area contributed by atoms with E-state index in [9.17, 15) is 0 Å². The average Bonchev–Trinajstić information content (AvgIpc) is 2.99. The molecule has 1 fully saturated rings. The molecular formula is C13H25N. The minimum atomic E-state index is 0.450. The van der Waals surface area contributed by atoms with Gasteiger partial charge < -0.3 is 5.73 Å². The van der Waals surface area contributed by atoms with Gasteiger partial charge in [0, 0.05) is 6.04 Å². The molecule has 1 saturated carbocycles. The predicted molar refractivity (Wildman–Crippen MR) is 63.1 cm³/mol. The first-order valence-corrected chi connectivity index (χ1v) is 6.12. The Morgan fingerprint density at radius 3 is 2.64 bits per heavy atom. The summed E-state index contributed by atoms with van der Waals surface area (Å²) in [6.07, 6.45) is 11.1. The molecule has 0 saturated heterocycles. The molecule has 1 heteroatoms. The van der Waals surface area contributed by atoms with Gasteiger partial charge in [0.25, 0.3) is 0 Å². The molecule has 1 aliphatic carbocycles. The molecule has 0 aromatic rings. The minimum Gasteiger partial charge on any atom is -0.327 e. The molecular weight excluding hydrogens is 170 g/mol. The molecule has 82 valence electrons. The number of allylic oxidation sites excluding steroid dienone is 1. The summed E-state index contributed by atoms with van der Waals surface area (Å²) in [5, 5.41) is 0. The molecule has 1 aliphatic rings. The number of nitrogens with two attached hydrogens (primary N) is 1. The van der Waals surface area contributed by atoms with Crippen molar-refractivity contribution in [2.24, 2.45) is 17.6 Å². The Bertz CT molecular complexity index is 161. The highest BCUT2D eigenvalue weighted by Crippen LogP contribution is 2.38. The van der Waals surface area contributed by atoms with Gasteiger partial charge in [-0.3, -0.25) is 0 Å². The topological polar surface area (TPSA) is 26.0 Å². The van der Waals surface area contributed by atoms with Crippen LogP contribution in [0.1, 0.15) is 51.9 Å². The monoisotopic (exact) mass is 195 g/mol. The third-order valence-electron chi connectivity index (χ3n) is 3.49. The SMILES string of the molecule is C=CCCCCCC(N)C(C)C1CC1. The van der Waals surface area contributed by atoms with Crippen LogP contribution < -0.4 is 5.73 Å². The van der Waals surface area contributed by atoms with Crippen molar-refractivity contribution in [3.05, 3.63) is 12.7 Å². The lowest BCUT2D eigenvalue weighted by atomic mass is 9.93. The minimum absolute atomic E-state index is 0.450. The Labute approximate surface area is 88.8 Å². The van der Waals surface area contributed by atoms with Crippen molar-refractivity contribution in [1.29, 1.82) is 0 Å². The maximum atomic E-state index is 6.15. The van der Waals surface area contributed by atoms with Crippen molar-refractivity contribution < 1.29 is 0 Å². The lowest BCUT2D eigenvalue weighted by molar-refractivity contribution is 0.376. The summed E-state index contributed by atoms with van der Waals surface area (Å²) in [6, 6.07) is 0.450. The van der Waals surface area contributed by atoms with Crippen LogP contribution in [0.25, 0.3) is 0 Å². The molecule has 0 radical (unpaired) electrons. The zero-order chi connectivity index (χ0) is 10.4. The van der Waals surface area contributed by atoms with Crippen LogP contribution in [0, 0.1) is 11.8 Å². The summed E-state index contributed by atoms with van der Waals surface area (Å²) < 4.78 is 0. The van der Waals surface area contributed by atoms with E-state index in [-0.39, 0.29) is 0 Å². The van der Waals surface area contributed by atoms with E-state index < -0.39 is 0 Å². The Morgan fingerprint density at radius 2 is 2.07 bits per heavy atom. The predicted octanol–water partition coefficient (Wildman–Crippen LogP) is 3.50. The zero-order valence-electron chi connectivity index (χ0n) is 9.54. The summed E-state index contributed by atoms with van der Waals surface area (Å²) in [6.45, 7) is 6.05. The molecule has 0 aromatic carbocycles. The van der Waals surface area contributed by atoms with Gasteiger partial charge in [0.2, 0.25) is 0 Å². The van der Waals surface area contributed by atoms with E-state index >= 15 is 0 Å². The van der Waals surface area contributed by atoms with Crippen molar-refractivity contribution in [1.82, 2.24) is 0 Å². The van der Waals surface area contributed by atoms with Gasteiger partial charge in [-0.2, -0.15) is 0 Å². The van der Waals surface area contributed by atoms with E-state index in [0.717, 1.165) is 18.3 Å². The van der Waals surface area contributed by atoms with E-state index in [1.165, 1.54) is 38.5 Å². The molecule has 0 spiro atoms. The van der Waals surface area contributed by atoms with Crippen LogP contribution in [-0.4, -0.2) is 6.04 Å². The zero-order valence-corrected chi connectivity index (χ0v) is 9.54. The van der Waals surface area contributed by atoms with Crippen molar-refractivity contribution in [3.8, 4) is 0 Å². The first-order valence-electron chi connectivity index (χ1n) is 6.12. The average molecular weight is 195 g/mol. The molecule has 1 nitrogen and oxygen atoms in total. The summed E-state index contributed by atoms with van der Waals surface area (Å²) >= 11 is 0. The normalized spacial score (nSPS) is 20.4. The Kier molecular flexibility index (Phi) is 5.24. The fraction of sp³-hybridized carbons (Fsp3) is 0.846. The standard InChI is InChI=1S/C13H25N/c1-3-4-5-6-7-8-13(14)11(2)12-9-10-12/h3,11-13H,1,4-10,14H2,2H3. The van der Waals surface area contributed by atoms with Gasteiger partial charge in [0.05, 0.1) is 0 Å². The van der Waals surface area contributed by atoms with Crippen LogP contribution in [0.4, 0.5) is 0 Å². The third kappa shape index (κ3) is 4.28. The number of hydrogen-bond acceptors (Lipinski definition) is 1. The number of unbranched alkanes of at least 4 members (excludes halogenated alkanes) is 3. The highest BCUT2D eigenvalue weighted by atomic mass is 14.7. The first kappa shape index (κ1) is 11.8. The van der Waals surface area contributed by atoms with Crippen molar-refractivity contribution in [2.45, 2.75) is 57.9 Å². The second-order valence-corrected chi connectivity index (χ2v) is 4.79. The Balaban J connectivity index is 1.96. The number of rotatable bonds is 8. The Morgan fingerprint density at radius 1 is 1.36 bits per heavy atom. The first-order chi connectivity index (χ1) is 6.75. The molecule has 2 N–H and O–H groups in total. The van der Waals surface area contributed by atoms with E-state index in [0.29, 0.717) is 6.04 Å². The van der Waals surface area contributed by atoms with Crippen LogP contribution in [0.2, 0.25) is 0 Å². The van der Waals surface area contributed by atoms with E-state index in [4.69, 9.17) is 5.73 Å². The third-order valence-corrected chi connectivity index (χ3v) is 3.49. The quantitative estimate of drug-likeness (QED) is 0.465. The molecule has 0 aliphatic heterocycles. The molecule has 0 heterocycles. The van der Waals surface area contributed by atoms with Crippen LogP contribution >= 0.6 is 0 Å². The number of hydrogen-bond donors (Lipinski definition) is 1. The summed E-state index contributed by atoms with van der Waals surface area (Å²) in [5.41, 5.74) is 6.15. The van der Waals surface area contributed by atoms with Crippen molar-refractivity contribution in [2.75, 3.05) is 0 Å². The second-order valence-electron chi connectivity index (χ2n) is 4.79. The fourth-order valence-electron chi connectivity index (χ4n) is 2.08. The summed E-state index contributed by atoms with van der Waals surface area (Å²) in [7, 11) is 0. The summed E-state index contributed by atoms with van der Waals surface area (Å²) in [5.74, 6) is 1.72. The highest BCUT2D eigenvalue weighted by Gasteiger charge is 2.31. The van der Waals surface area contributed by atoms with Gasteiger partial charge in [-0.15, -0.1) is 6.58 Å². The fourth-order valence-corrected chi connectivity index (χ4v) is 2.08. The molecule has 0 amide bonds. The van der Waals surface area contributed by atoms with Gasteiger partial charge >= 0.3 is 0 Å². The van der Waals surface area contributed by atoms with Gasteiger partial charge in [-0.05, 0) is 43.9 Å². The molecule has 1 rings (SSSR count). The van der Waals surface area contributed by atoms with E-state index in [2.05, 4.69) is 13.5 Å². The van der Waals surface area contributed by atoms with Crippen molar-refractivity contribution >= 4 is 0 Å². The molecule has 14 heavy (non-hydrogen) atoms. The van der Waals surface area contributed by atoms with Crippen LogP contribution in [0.15, 0.2) is 12.7 Å². The lowest BCUT2D eigenvalue weighted by Crippen LogP contribution is -2.29. The van der Waals surface area contributed by atoms with Crippen LogP contribution in [0.5, 0.6) is 0 Å². The lowest BCUT2D eigenvalue weighted by Gasteiger charge is -2.19. The van der Waals surface area contributed by atoms with Crippen LogP contribution in [-0.2, 0) is 0 Å². The second kappa shape index (κ2) is 6.23. The molecule has 0 bridgehead atoms.